The summed E-state index contributed by atoms with van der Waals surface area (Å²) >= 11 is 0. The lowest BCUT2D eigenvalue weighted by Crippen LogP contribution is -2.47. The number of fused-ring (bicyclic) bond motifs is 1. The minimum atomic E-state index is -0.349. The third-order valence-electron chi connectivity index (χ3n) is 8.50. The molecule has 0 spiro atoms. The van der Waals surface area contributed by atoms with E-state index in [1.54, 1.807) is 0 Å². The van der Waals surface area contributed by atoms with E-state index >= 15 is 0 Å². The van der Waals surface area contributed by atoms with Crippen LogP contribution in [0.2, 0.25) is 0 Å². The first-order chi connectivity index (χ1) is 13.1. The highest BCUT2D eigenvalue weighted by atomic mass is 16.3. The fourth-order valence-electron chi connectivity index (χ4n) is 7.79. The number of hydrogen-bond donors (Lipinski definition) is 2. The van der Waals surface area contributed by atoms with Crippen molar-refractivity contribution in [3.05, 3.63) is 0 Å². The van der Waals surface area contributed by atoms with E-state index in [9.17, 15) is 10.2 Å². The van der Waals surface area contributed by atoms with Gasteiger partial charge < -0.3 is 10.2 Å². The van der Waals surface area contributed by atoms with Crippen LogP contribution < -0.4 is 0 Å². The van der Waals surface area contributed by atoms with Gasteiger partial charge in [0.05, 0.1) is 12.2 Å². The van der Waals surface area contributed by atoms with Crippen molar-refractivity contribution in [1.82, 2.24) is 0 Å². The standard InChI is InChI=1S/C26H50O2/c1-15(2)22(16(3)4)20-13-9-11-19-12-10-14-21(23(17(5)6)18(7)8)26(28)24(19)25(20)27/h15-28H,9-14H2,1-8H3/t19?,20-,21-,24?,25?,26?/m1/s1. The third kappa shape index (κ3) is 5.15. The molecule has 166 valence electrons. The highest BCUT2D eigenvalue weighted by Crippen LogP contribution is 2.49. The molecule has 2 heteroatoms. The predicted octanol–water partition coefficient (Wildman–Crippen LogP) is 6.40. The second kappa shape index (κ2) is 10.3. The van der Waals surface area contributed by atoms with Crippen molar-refractivity contribution in [2.75, 3.05) is 0 Å². The molecule has 0 radical (unpaired) electrons. The molecule has 2 rings (SSSR count). The van der Waals surface area contributed by atoms with Crippen LogP contribution in [-0.2, 0) is 0 Å². The lowest BCUT2D eigenvalue weighted by molar-refractivity contribution is -0.0904. The molecule has 0 bridgehead atoms. The average Bonchev–Trinajstić information content (AvgIpc) is 2.81. The Bertz CT molecular complexity index is 399. The summed E-state index contributed by atoms with van der Waals surface area (Å²) in [5, 5.41) is 23.4. The molecular weight excluding hydrogens is 344 g/mol. The smallest absolute Gasteiger partial charge is 0.0626 e. The first-order valence-electron chi connectivity index (χ1n) is 12.4. The van der Waals surface area contributed by atoms with Gasteiger partial charge in [0, 0.05) is 5.92 Å². The lowest BCUT2D eigenvalue weighted by atomic mass is 9.65. The van der Waals surface area contributed by atoms with Gasteiger partial charge in [0.25, 0.3) is 0 Å². The molecule has 28 heavy (non-hydrogen) atoms. The van der Waals surface area contributed by atoms with Crippen LogP contribution in [0.15, 0.2) is 0 Å². The van der Waals surface area contributed by atoms with E-state index in [1.807, 2.05) is 0 Å². The number of rotatable bonds is 6. The van der Waals surface area contributed by atoms with Crippen LogP contribution in [0.5, 0.6) is 0 Å². The Labute approximate surface area is 175 Å². The Balaban J connectivity index is 2.36. The predicted molar refractivity (Wildman–Crippen MR) is 120 cm³/mol. The molecule has 0 amide bonds. The Kier molecular flexibility index (Phi) is 8.89. The Morgan fingerprint density at radius 1 is 0.536 bits per heavy atom. The van der Waals surface area contributed by atoms with Crippen molar-refractivity contribution in [2.45, 2.75) is 106 Å². The maximum atomic E-state index is 11.7. The maximum Gasteiger partial charge on any atom is 0.0626 e. The van der Waals surface area contributed by atoms with Gasteiger partial charge in [-0.2, -0.15) is 0 Å². The van der Waals surface area contributed by atoms with Crippen molar-refractivity contribution in [3.8, 4) is 0 Å². The molecule has 0 heterocycles. The minimum absolute atomic E-state index is 0.0694. The topological polar surface area (TPSA) is 40.5 Å². The lowest BCUT2D eigenvalue weighted by Gasteiger charge is -2.44. The van der Waals surface area contributed by atoms with Crippen molar-refractivity contribution < 1.29 is 10.2 Å². The molecule has 0 aromatic carbocycles. The number of aliphatic hydroxyl groups is 2. The van der Waals surface area contributed by atoms with Gasteiger partial charge >= 0.3 is 0 Å². The molecule has 2 nitrogen and oxygen atoms in total. The first-order valence-corrected chi connectivity index (χ1v) is 12.4. The highest BCUT2D eigenvalue weighted by Gasteiger charge is 2.48. The number of hydrogen-bond acceptors (Lipinski definition) is 2. The normalized spacial score (nSPS) is 35.1. The second-order valence-electron chi connectivity index (χ2n) is 11.6. The molecule has 0 aromatic heterocycles. The fourth-order valence-corrected chi connectivity index (χ4v) is 7.79. The zero-order valence-electron chi connectivity index (χ0n) is 20.1. The highest BCUT2D eigenvalue weighted by molar-refractivity contribution is 4.97. The largest absolute Gasteiger partial charge is 0.392 e. The van der Waals surface area contributed by atoms with Gasteiger partial charge in [-0.05, 0) is 78.9 Å². The van der Waals surface area contributed by atoms with Crippen molar-refractivity contribution in [1.29, 1.82) is 0 Å². The van der Waals surface area contributed by atoms with Gasteiger partial charge in [-0.3, -0.25) is 0 Å². The number of aliphatic hydroxyl groups excluding tert-OH is 2. The quantitative estimate of drug-likeness (QED) is 0.547. The summed E-state index contributed by atoms with van der Waals surface area (Å²) in [6, 6.07) is 0. The first kappa shape index (κ1) is 24.2. The fraction of sp³-hybridized carbons (Fsp3) is 1.00. The van der Waals surface area contributed by atoms with Crippen LogP contribution in [0.25, 0.3) is 0 Å². The van der Waals surface area contributed by atoms with Crippen LogP contribution in [0.1, 0.15) is 93.9 Å². The minimum Gasteiger partial charge on any atom is -0.392 e. The van der Waals surface area contributed by atoms with Crippen LogP contribution in [0, 0.1) is 59.2 Å². The summed E-state index contributed by atoms with van der Waals surface area (Å²) in [7, 11) is 0. The van der Waals surface area contributed by atoms with E-state index in [4.69, 9.17) is 0 Å². The summed E-state index contributed by atoms with van der Waals surface area (Å²) in [6.45, 7) is 18.6. The van der Waals surface area contributed by atoms with E-state index in [2.05, 4.69) is 55.4 Å². The molecule has 2 fully saturated rings. The van der Waals surface area contributed by atoms with Crippen LogP contribution in [-0.4, -0.2) is 22.4 Å². The van der Waals surface area contributed by atoms with Gasteiger partial charge in [-0.25, -0.2) is 0 Å². The summed E-state index contributed by atoms with van der Waals surface area (Å²) in [5.74, 6) is 4.62. The van der Waals surface area contributed by atoms with Gasteiger partial charge in [-0.15, -0.1) is 0 Å². The van der Waals surface area contributed by atoms with Crippen LogP contribution in [0.4, 0.5) is 0 Å². The summed E-state index contributed by atoms with van der Waals surface area (Å²) in [4.78, 5) is 0. The van der Waals surface area contributed by atoms with E-state index in [0.717, 1.165) is 12.8 Å². The SMILES string of the molecule is CC(C)C(C(C)C)[C@H]1CCCC2CCC[C@H](C(C(C)C)C(C)C)C(O)C2C1O. The van der Waals surface area contributed by atoms with Gasteiger partial charge in [-0.1, -0.05) is 68.2 Å². The molecule has 2 saturated carbocycles. The van der Waals surface area contributed by atoms with Crippen molar-refractivity contribution >= 4 is 0 Å². The van der Waals surface area contributed by atoms with Gasteiger partial charge in [0.15, 0.2) is 0 Å². The molecule has 2 aliphatic rings. The molecule has 0 aromatic rings. The Morgan fingerprint density at radius 2 is 0.857 bits per heavy atom. The Morgan fingerprint density at radius 3 is 1.14 bits per heavy atom. The molecular formula is C26H50O2. The molecule has 2 unspecified atom stereocenters. The summed E-state index contributed by atoms with van der Waals surface area (Å²) in [5.41, 5.74) is 0. The van der Waals surface area contributed by atoms with Gasteiger partial charge in [0.2, 0.25) is 0 Å². The van der Waals surface area contributed by atoms with E-state index in [1.165, 1.54) is 25.7 Å². The summed E-state index contributed by atoms with van der Waals surface area (Å²) in [6.07, 6.45) is 6.38. The van der Waals surface area contributed by atoms with Crippen molar-refractivity contribution in [2.24, 2.45) is 59.2 Å². The van der Waals surface area contributed by atoms with Gasteiger partial charge in [0.1, 0.15) is 0 Å². The summed E-state index contributed by atoms with van der Waals surface area (Å²) < 4.78 is 0. The maximum absolute atomic E-state index is 11.7. The van der Waals surface area contributed by atoms with E-state index < -0.39 is 0 Å². The van der Waals surface area contributed by atoms with Crippen LogP contribution in [0.3, 0.4) is 0 Å². The molecule has 2 aliphatic carbocycles. The third-order valence-corrected chi connectivity index (χ3v) is 8.50. The molecule has 0 aliphatic heterocycles. The zero-order valence-corrected chi connectivity index (χ0v) is 20.1. The van der Waals surface area contributed by atoms with Crippen molar-refractivity contribution in [3.63, 3.8) is 0 Å². The molecule has 4 atom stereocenters. The van der Waals surface area contributed by atoms with E-state index in [-0.39, 0.29) is 18.1 Å². The van der Waals surface area contributed by atoms with Crippen LogP contribution >= 0.6 is 0 Å². The second-order valence-corrected chi connectivity index (χ2v) is 11.6. The molecule has 2 N–H and O–H groups in total. The Hall–Kier alpha value is -0.0800. The zero-order chi connectivity index (χ0) is 21.2. The average molecular weight is 395 g/mol. The monoisotopic (exact) mass is 394 g/mol. The van der Waals surface area contributed by atoms with E-state index in [0.29, 0.717) is 53.3 Å². The molecule has 0 saturated heterocycles.